The predicted octanol–water partition coefficient (Wildman–Crippen LogP) is 1.99. The molecule has 1 aromatic carbocycles. The lowest BCUT2D eigenvalue weighted by Crippen LogP contribution is -2.61. The number of benzene rings is 1. The molecule has 3 rings (SSSR count). The first-order valence-electron chi connectivity index (χ1n) is 10.4. The minimum atomic E-state index is -0.830. The third-order valence-electron chi connectivity index (χ3n) is 5.64. The summed E-state index contributed by atoms with van der Waals surface area (Å²) in [5, 5.41) is 12.9. The third kappa shape index (κ3) is 4.40. The number of aliphatic hydroxyl groups excluding tert-OH is 1. The van der Waals surface area contributed by atoms with Crippen LogP contribution in [0.4, 0.5) is 0 Å². The Morgan fingerprint density at radius 1 is 1.25 bits per heavy atom. The molecule has 172 valence electrons. The van der Waals surface area contributed by atoms with Gasteiger partial charge < -0.3 is 24.8 Å². The Balaban J connectivity index is 1.86. The average Bonchev–Trinajstić information content (AvgIpc) is 3.07. The highest BCUT2D eigenvalue weighted by Crippen LogP contribution is 2.47. The van der Waals surface area contributed by atoms with Crippen LogP contribution in [0.2, 0.25) is 0 Å². The summed E-state index contributed by atoms with van der Waals surface area (Å²) >= 11 is 5.25. The zero-order chi connectivity index (χ0) is 23.8. The van der Waals surface area contributed by atoms with Crippen molar-refractivity contribution in [1.29, 1.82) is 0 Å². The first-order valence-corrected chi connectivity index (χ1v) is 10.8. The third-order valence-corrected chi connectivity index (χ3v) is 6.08. The van der Waals surface area contributed by atoms with Crippen LogP contribution in [-0.4, -0.2) is 58.8 Å². The van der Waals surface area contributed by atoms with Crippen molar-refractivity contribution in [2.45, 2.75) is 46.3 Å². The van der Waals surface area contributed by atoms with Crippen LogP contribution in [-0.2, 0) is 23.9 Å². The SMILES string of the molecule is CNC(=S)c1ccc(C2=C(C(=O)OCOC(=O)C(C)(C)C)N3C(=O)[C@H]([C@@H](C)O)[C@H]3C2)cc1. The minimum Gasteiger partial charge on any atom is -0.427 e. The first kappa shape index (κ1) is 23.9. The van der Waals surface area contributed by atoms with Gasteiger partial charge in [0.1, 0.15) is 10.7 Å². The molecule has 1 aromatic rings. The molecule has 8 nitrogen and oxygen atoms in total. The van der Waals surface area contributed by atoms with E-state index in [0.29, 0.717) is 17.0 Å². The summed E-state index contributed by atoms with van der Waals surface area (Å²) in [6.45, 7) is 6.09. The number of nitrogens with zero attached hydrogens (tertiary/aromatic N) is 1. The lowest BCUT2D eigenvalue weighted by Gasteiger charge is -2.44. The van der Waals surface area contributed by atoms with E-state index in [1.165, 1.54) is 4.90 Å². The normalized spacial score (nSPS) is 20.9. The molecular formula is C23H28N2O6S. The van der Waals surface area contributed by atoms with Crippen LogP contribution in [0.3, 0.4) is 0 Å². The van der Waals surface area contributed by atoms with E-state index in [-0.39, 0.29) is 17.6 Å². The van der Waals surface area contributed by atoms with E-state index in [9.17, 15) is 19.5 Å². The summed E-state index contributed by atoms with van der Waals surface area (Å²) in [5.41, 5.74) is 1.60. The minimum absolute atomic E-state index is 0.118. The molecule has 0 spiro atoms. The highest BCUT2D eigenvalue weighted by Gasteiger charge is 2.57. The van der Waals surface area contributed by atoms with E-state index in [0.717, 1.165) is 11.1 Å². The fraction of sp³-hybridized carbons (Fsp3) is 0.478. The number of hydrogen-bond donors (Lipinski definition) is 2. The number of aliphatic hydroxyl groups is 1. The molecule has 2 N–H and O–H groups in total. The lowest BCUT2D eigenvalue weighted by molar-refractivity contribution is -0.175. The maximum Gasteiger partial charge on any atom is 0.358 e. The Morgan fingerprint density at radius 2 is 1.88 bits per heavy atom. The molecule has 0 aromatic heterocycles. The summed E-state index contributed by atoms with van der Waals surface area (Å²) < 4.78 is 10.2. The second kappa shape index (κ2) is 8.99. The summed E-state index contributed by atoms with van der Waals surface area (Å²) in [7, 11) is 1.74. The number of fused-ring (bicyclic) bond motifs is 1. The van der Waals surface area contributed by atoms with Crippen molar-refractivity contribution in [2.24, 2.45) is 11.3 Å². The number of β-lactam (4-membered cyclic amide) rings is 1. The van der Waals surface area contributed by atoms with Gasteiger partial charge in [-0.1, -0.05) is 36.5 Å². The van der Waals surface area contributed by atoms with Crippen molar-refractivity contribution in [2.75, 3.05) is 13.8 Å². The number of ether oxygens (including phenoxy) is 2. The maximum atomic E-state index is 12.9. The Hall–Kier alpha value is -2.78. The van der Waals surface area contributed by atoms with Crippen molar-refractivity contribution >= 4 is 40.6 Å². The van der Waals surface area contributed by atoms with Gasteiger partial charge in [0.05, 0.1) is 23.5 Å². The van der Waals surface area contributed by atoms with Crippen LogP contribution in [0.1, 0.15) is 45.2 Å². The number of amides is 1. The van der Waals surface area contributed by atoms with E-state index in [1.54, 1.807) is 34.7 Å². The van der Waals surface area contributed by atoms with Crippen molar-refractivity contribution < 1.29 is 29.0 Å². The molecule has 1 amide bonds. The van der Waals surface area contributed by atoms with Gasteiger partial charge in [0.15, 0.2) is 0 Å². The first-order chi connectivity index (χ1) is 15.0. The second-order valence-electron chi connectivity index (χ2n) is 8.96. The second-order valence-corrected chi connectivity index (χ2v) is 9.37. The fourth-order valence-corrected chi connectivity index (χ4v) is 4.04. The predicted molar refractivity (Wildman–Crippen MR) is 121 cm³/mol. The largest absolute Gasteiger partial charge is 0.427 e. The topological polar surface area (TPSA) is 105 Å². The van der Waals surface area contributed by atoms with E-state index in [1.807, 2.05) is 24.3 Å². The number of carbonyl (C=O) groups excluding carboxylic acids is 3. The van der Waals surface area contributed by atoms with Crippen molar-refractivity contribution in [3.05, 3.63) is 41.1 Å². The molecule has 0 radical (unpaired) electrons. The van der Waals surface area contributed by atoms with Crippen LogP contribution >= 0.6 is 12.2 Å². The average molecular weight is 461 g/mol. The molecule has 1 saturated heterocycles. The van der Waals surface area contributed by atoms with Crippen molar-refractivity contribution in [3.63, 3.8) is 0 Å². The zero-order valence-electron chi connectivity index (χ0n) is 18.8. The van der Waals surface area contributed by atoms with Gasteiger partial charge in [0, 0.05) is 12.6 Å². The van der Waals surface area contributed by atoms with Crippen LogP contribution in [0.15, 0.2) is 30.0 Å². The molecule has 32 heavy (non-hydrogen) atoms. The van der Waals surface area contributed by atoms with Crippen LogP contribution in [0.25, 0.3) is 5.57 Å². The number of hydrogen-bond acceptors (Lipinski definition) is 7. The summed E-state index contributed by atoms with van der Waals surface area (Å²) in [6.07, 6.45) is -0.424. The monoisotopic (exact) mass is 460 g/mol. The number of rotatable bonds is 6. The maximum absolute atomic E-state index is 12.9. The Morgan fingerprint density at radius 3 is 2.41 bits per heavy atom. The van der Waals surface area contributed by atoms with Gasteiger partial charge in [-0.25, -0.2) is 4.79 Å². The number of thiocarbonyl (C=S) groups is 1. The Kier molecular flexibility index (Phi) is 6.71. The fourth-order valence-electron chi connectivity index (χ4n) is 3.91. The molecular weight excluding hydrogens is 432 g/mol. The van der Waals surface area contributed by atoms with Gasteiger partial charge >= 0.3 is 11.9 Å². The smallest absolute Gasteiger partial charge is 0.358 e. The molecule has 9 heteroatoms. The number of carbonyl (C=O) groups is 3. The van der Waals surface area contributed by atoms with Crippen molar-refractivity contribution in [3.8, 4) is 0 Å². The Labute approximate surface area is 192 Å². The quantitative estimate of drug-likeness (QED) is 0.287. The van der Waals surface area contributed by atoms with Gasteiger partial charge in [0.25, 0.3) is 0 Å². The van der Waals surface area contributed by atoms with E-state index < -0.39 is 36.2 Å². The molecule has 0 saturated carbocycles. The molecule has 2 aliphatic rings. The van der Waals surface area contributed by atoms with Gasteiger partial charge in [0.2, 0.25) is 12.7 Å². The molecule has 3 atom stereocenters. The van der Waals surface area contributed by atoms with E-state index >= 15 is 0 Å². The molecule has 0 aliphatic carbocycles. The standard InChI is InChI=1S/C23H28N2O6S/c1-12(26)17-16-10-15(13-6-8-14(9-7-13)19(32)24-5)18(25(16)20(17)27)21(28)30-11-31-22(29)23(2,3)4/h6-9,12,16-17,26H,10-11H2,1-5H3,(H,24,32)/t12-,16-,17-/m1/s1. The highest BCUT2D eigenvalue weighted by molar-refractivity contribution is 7.80. The van der Waals surface area contributed by atoms with Gasteiger partial charge in [-0.05, 0) is 45.3 Å². The van der Waals surface area contributed by atoms with Gasteiger partial charge in [-0.3, -0.25) is 9.59 Å². The van der Waals surface area contributed by atoms with E-state index in [4.69, 9.17) is 21.7 Å². The molecule has 2 aliphatic heterocycles. The molecule has 0 unspecified atom stereocenters. The summed E-state index contributed by atoms with van der Waals surface area (Å²) in [6, 6.07) is 7.00. The van der Waals surface area contributed by atoms with Crippen LogP contribution in [0, 0.1) is 11.3 Å². The summed E-state index contributed by atoms with van der Waals surface area (Å²) in [4.78, 5) is 39.5. The zero-order valence-corrected chi connectivity index (χ0v) is 19.6. The number of nitrogens with one attached hydrogen (secondary N) is 1. The Bertz CT molecular complexity index is 977. The molecule has 1 fully saturated rings. The summed E-state index contributed by atoms with van der Waals surface area (Å²) in [5.74, 6) is -2.16. The molecule has 2 heterocycles. The van der Waals surface area contributed by atoms with Crippen LogP contribution in [0.5, 0.6) is 0 Å². The lowest BCUT2D eigenvalue weighted by atomic mass is 9.82. The van der Waals surface area contributed by atoms with Gasteiger partial charge in [-0.2, -0.15) is 0 Å². The molecule has 0 bridgehead atoms. The van der Waals surface area contributed by atoms with E-state index in [2.05, 4.69) is 5.32 Å². The number of esters is 2. The highest BCUT2D eigenvalue weighted by atomic mass is 32.1. The van der Waals surface area contributed by atoms with Crippen molar-refractivity contribution in [1.82, 2.24) is 10.2 Å². The van der Waals surface area contributed by atoms with Crippen LogP contribution < -0.4 is 5.32 Å². The van der Waals surface area contributed by atoms with Gasteiger partial charge in [-0.15, -0.1) is 0 Å².